The molecule has 3 aromatic rings. The number of carboxylic acid groups (broad SMARTS) is 6. The Labute approximate surface area is 450 Å². The Kier molecular flexibility index (Phi) is 24.4. The number of alkyl carbamates (subject to hydrolysis) is 1. The quantitative estimate of drug-likeness (QED) is 0.0379. The number of hydrogen-bond acceptors (Lipinski definition) is 15. The molecule has 2 fully saturated rings. The molecule has 25 heteroatoms. The van der Waals surface area contributed by atoms with Gasteiger partial charge in [-0.25, -0.2) is 14.4 Å². The van der Waals surface area contributed by atoms with Gasteiger partial charge in [0.15, 0.2) is 0 Å². The van der Waals surface area contributed by atoms with Crippen LogP contribution in [0.15, 0.2) is 54.6 Å². The Morgan fingerprint density at radius 2 is 1.05 bits per heavy atom. The van der Waals surface area contributed by atoms with Crippen LogP contribution in [-0.4, -0.2) is 220 Å². The molecular weight excluding hydrogens is 1020 g/mol. The van der Waals surface area contributed by atoms with Crippen molar-refractivity contribution in [1.82, 2.24) is 40.9 Å². The lowest BCUT2D eigenvalue weighted by Gasteiger charge is -2.33. The molecular formula is C53H72N8O17. The Morgan fingerprint density at radius 1 is 0.551 bits per heavy atom. The number of ether oxygens (including phenoxy) is 1. The van der Waals surface area contributed by atoms with Gasteiger partial charge in [0.25, 0.3) is 0 Å². The zero-order valence-corrected chi connectivity index (χ0v) is 43.5. The highest BCUT2D eigenvalue weighted by Crippen LogP contribution is 2.31. The van der Waals surface area contributed by atoms with Gasteiger partial charge < -0.3 is 56.6 Å². The van der Waals surface area contributed by atoms with Crippen molar-refractivity contribution in [3.8, 4) is 0 Å². The van der Waals surface area contributed by atoms with E-state index in [1.165, 1.54) is 0 Å². The van der Waals surface area contributed by atoms with E-state index in [1.807, 2.05) is 59.5 Å². The number of carbonyl (C=O) groups is 10. The third-order valence-corrected chi connectivity index (χ3v) is 14.0. The molecule has 0 unspecified atom stereocenters. The van der Waals surface area contributed by atoms with Crippen molar-refractivity contribution in [2.24, 2.45) is 11.8 Å². The summed E-state index contributed by atoms with van der Waals surface area (Å²) in [5, 5.41) is 71.3. The molecule has 426 valence electrons. The number of carboxylic acids is 6. The standard InChI is InChI=1S/C53H72N8O17/c62-44(30-58-19-21-59(31-46(65)66)23-25-61(33-48(69)70)26-24-60(22-20-58)32-47(67)68)55-29-34-14-16-35(17-15-34)49(71)56-42(28-40-38-9-3-1-7-36(38)27-37-8-2-4-10-39(37)40)50(72)54-18-6-11-41(51(73)74)57-53(77)78-43(52(75)76)12-5-13-45(63)64/h1-4,7-10,27,34-35,41-43H,5-6,11-26,28-33H2,(H,54,72)(H,55,62)(H,56,71)(H,57,77)(H,63,64)(H,65,66)(H,67,68)(H,69,70)(H,73,74)(H,75,76)/t34?,35?,41-,42-,43-/m0/s1. The van der Waals surface area contributed by atoms with Crippen molar-refractivity contribution in [2.75, 3.05) is 91.6 Å². The van der Waals surface area contributed by atoms with Crippen LogP contribution < -0.4 is 21.3 Å². The SMILES string of the molecule is O=C(O)CCC[C@H](OC(=O)N[C@@H](CCCNC(=O)[C@H](Cc1c2ccccc2cc2ccccc12)NC(=O)C1CCC(CNC(=O)CN2CCN(CC(=O)O)CCN(CC(=O)O)CCN(CC(=O)O)CC2)CC1)C(=O)O)C(=O)O. The van der Waals surface area contributed by atoms with Crippen LogP contribution in [0, 0.1) is 11.8 Å². The summed E-state index contributed by atoms with van der Waals surface area (Å²) in [5.41, 5.74) is 0.826. The molecule has 5 rings (SSSR count). The molecule has 0 bridgehead atoms. The van der Waals surface area contributed by atoms with Crippen LogP contribution in [0.25, 0.3) is 21.5 Å². The first kappa shape index (κ1) is 61.4. The average Bonchev–Trinajstić information content (AvgIpc) is 3.39. The molecule has 0 radical (unpaired) electrons. The summed E-state index contributed by atoms with van der Waals surface area (Å²) in [6.07, 6.45) is -1.76. The van der Waals surface area contributed by atoms with Gasteiger partial charge in [0.1, 0.15) is 12.1 Å². The maximum Gasteiger partial charge on any atom is 0.408 e. The zero-order valence-electron chi connectivity index (χ0n) is 43.5. The molecule has 1 aliphatic heterocycles. The Bertz CT molecular complexity index is 2510. The first-order chi connectivity index (χ1) is 37.2. The molecule has 0 aromatic heterocycles. The predicted molar refractivity (Wildman–Crippen MR) is 280 cm³/mol. The minimum atomic E-state index is -1.71. The molecule has 2 aliphatic rings. The van der Waals surface area contributed by atoms with E-state index >= 15 is 0 Å². The fourth-order valence-corrected chi connectivity index (χ4v) is 9.84. The summed E-state index contributed by atoms with van der Waals surface area (Å²) < 4.78 is 4.88. The van der Waals surface area contributed by atoms with E-state index in [1.54, 1.807) is 14.7 Å². The second kappa shape index (κ2) is 31.1. The number of aliphatic carboxylic acids is 6. The summed E-state index contributed by atoms with van der Waals surface area (Å²) in [6, 6.07) is 14.8. The fraction of sp³-hybridized carbons (Fsp3) is 0.547. The normalized spacial score (nSPS) is 18.5. The Balaban J connectivity index is 1.19. The number of hydrogen-bond donors (Lipinski definition) is 10. The van der Waals surface area contributed by atoms with Crippen molar-refractivity contribution >= 4 is 81.2 Å². The molecule has 1 aliphatic carbocycles. The maximum atomic E-state index is 14.2. The third-order valence-electron chi connectivity index (χ3n) is 14.0. The van der Waals surface area contributed by atoms with Crippen molar-refractivity contribution < 1.29 is 83.3 Å². The van der Waals surface area contributed by atoms with E-state index in [2.05, 4.69) is 21.3 Å². The van der Waals surface area contributed by atoms with E-state index < -0.39 is 71.9 Å². The Morgan fingerprint density at radius 3 is 1.53 bits per heavy atom. The summed E-state index contributed by atoms with van der Waals surface area (Å²) in [5.74, 6) is -8.91. The highest BCUT2D eigenvalue weighted by molar-refractivity contribution is 6.03. The lowest BCUT2D eigenvalue weighted by atomic mass is 9.81. The number of nitrogens with one attached hydrogen (secondary N) is 4. The van der Waals surface area contributed by atoms with Gasteiger partial charge in [0.05, 0.1) is 26.2 Å². The van der Waals surface area contributed by atoms with Crippen molar-refractivity contribution in [3.63, 3.8) is 0 Å². The van der Waals surface area contributed by atoms with E-state index in [9.17, 15) is 73.5 Å². The molecule has 10 N–H and O–H groups in total. The van der Waals surface area contributed by atoms with Crippen molar-refractivity contribution in [3.05, 3.63) is 60.2 Å². The van der Waals surface area contributed by atoms with E-state index in [0.29, 0.717) is 32.2 Å². The van der Waals surface area contributed by atoms with Crippen molar-refractivity contribution in [2.45, 2.75) is 82.4 Å². The van der Waals surface area contributed by atoms with Crippen LogP contribution in [0.2, 0.25) is 0 Å². The average molecular weight is 1090 g/mol. The van der Waals surface area contributed by atoms with Gasteiger partial charge in [0.2, 0.25) is 23.8 Å². The van der Waals surface area contributed by atoms with Crippen LogP contribution in [0.3, 0.4) is 0 Å². The minimum absolute atomic E-state index is 0.0321. The summed E-state index contributed by atoms with van der Waals surface area (Å²) >= 11 is 0. The largest absolute Gasteiger partial charge is 0.481 e. The smallest absolute Gasteiger partial charge is 0.408 e. The lowest BCUT2D eigenvalue weighted by Crippen LogP contribution is -2.50. The summed E-state index contributed by atoms with van der Waals surface area (Å²) in [7, 11) is 0. The molecule has 4 amide bonds. The first-order valence-corrected chi connectivity index (χ1v) is 26.2. The van der Waals surface area contributed by atoms with Crippen LogP contribution in [0.1, 0.15) is 63.4 Å². The van der Waals surface area contributed by atoms with E-state index in [4.69, 9.17) is 9.84 Å². The second-order valence-electron chi connectivity index (χ2n) is 19.9. The van der Waals surface area contributed by atoms with E-state index in [0.717, 1.165) is 27.1 Å². The van der Waals surface area contributed by atoms with Gasteiger partial charge in [0, 0.05) is 84.2 Å². The maximum absolute atomic E-state index is 14.2. The molecule has 1 saturated heterocycles. The molecule has 1 saturated carbocycles. The van der Waals surface area contributed by atoms with Gasteiger partial charge in [-0.2, -0.15) is 0 Å². The summed E-state index contributed by atoms with van der Waals surface area (Å²) in [6.45, 7) is 1.43. The van der Waals surface area contributed by atoms with Gasteiger partial charge in [-0.3, -0.25) is 53.2 Å². The monoisotopic (exact) mass is 1090 g/mol. The number of rotatable bonds is 27. The highest BCUT2D eigenvalue weighted by atomic mass is 16.6. The number of nitrogens with zero attached hydrogens (tertiary/aromatic N) is 4. The van der Waals surface area contributed by atoms with Gasteiger partial charge in [-0.05, 0) is 90.5 Å². The van der Waals surface area contributed by atoms with Gasteiger partial charge in [-0.15, -0.1) is 0 Å². The topological polar surface area (TPSA) is 362 Å². The van der Waals surface area contributed by atoms with Crippen LogP contribution in [-0.2, 0) is 54.3 Å². The fourth-order valence-electron chi connectivity index (χ4n) is 9.84. The van der Waals surface area contributed by atoms with E-state index in [-0.39, 0.29) is 141 Å². The number of amides is 4. The molecule has 1 heterocycles. The van der Waals surface area contributed by atoms with Crippen LogP contribution in [0.5, 0.6) is 0 Å². The van der Waals surface area contributed by atoms with Crippen LogP contribution >= 0.6 is 0 Å². The minimum Gasteiger partial charge on any atom is -0.481 e. The lowest BCUT2D eigenvalue weighted by molar-refractivity contribution is -0.148. The van der Waals surface area contributed by atoms with Gasteiger partial charge in [-0.1, -0.05) is 48.5 Å². The number of fused-ring (bicyclic) bond motifs is 2. The number of carbonyl (C=O) groups excluding carboxylic acids is 4. The molecule has 3 atom stereocenters. The highest BCUT2D eigenvalue weighted by Gasteiger charge is 2.32. The van der Waals surface area contributed by atoms with Gasteiger partial charge >= 0.3 is 41.9 Å². The summed E-state index contributed by atoms with van der Waals surface area (Å²) in [4.78, 5) is 131. The number of benzene rings is 3. The molecule has 25 nitrogen and oxygen atoms in total. The first-order valence-electron chi connectivity index (χ1n) is 26.2. The molecule has 3 aromatic carbocycles. The van der Waals surface area contributed by atoms with Crippen LogP contribution in [0.4, 0.5) is 4.79 Å². The molecule has 0 spiro atoms. The zero-order chi connectivity index (χ0) is 56.7. The van der Waals surface area contributed by atoms with Crippen molar-refractivity contribution in [1.29, 1.82) is 0 Å². The Hall–Kier alpha value is -7.48. The third kappa shape index (κ3) is 20.8. The second-order valence-corrected chi connectivity index (χ2v) is 19.9. The predicted octanol–water partition coefficient (Wildman–Crippen LogP) is 1.20. The molecule has 78 heavy (non-hydrogen) atoms.